The van der Waals surface area contributed by atoms with Gasteiger partial charge in [-0.1, -0.05) is 43.7 Å². The lowest BCUT2D eigenvalue weighted by molar-refractivity contribution is -0.165. The van der Waals surface area contributed by atoms with E-state index in [1.807, 2.05) is 48.5 Å². The highest BCUT2D eigenvalue weighted by molar-refractivity contribution is 5.86. The highest BCUT2D eigenvalue weighted by Crippen LogP contribution is 2.37. The first-order valence-electron chi connectivity index (χ1n) is 11.7. The molecule has 196 valence electrons. The molecule has 10 nitrogen and oxygen atoms in total. The summed E-state index contributed by atoms with van der Waals surface area (Å²) in [4.78, 5) is 34.2. The van der Waals surface area contributed by atoms with Gasteiger partial charge in [-0.15, -0.1) is 0 Å². The first-order valence-corrected chi connectivity index (χ1v) is 11.7. The van der Waals surface area contributed by atoms with Crippen LogP contribution in [0.2, 0.25) is 0 Å². The van der Waals surface area contributed by atoms with Gasteiger partial charge in [0.2, 0.25) is 0 Å². The number of carboxylic acid groups (broad SMARTS) is 2. The number of carbonyl (C=O) groups excluding carboxylic acids is 1. The Bertz CT molecular complexity index is 998. The van der Waals surface area contributed by atoms with E-state index in [-0.39, 0.29) is 5.41 Å². The van der Waals surface area contributed by atoms with E-state index in [1.165, 1.54) is 24.8 Å². The van der Waals surface area contributed by atoms with Gasteiger partial charge in [-0.2, -0.15) is 0 Å². The molecule has 2 unspecified atom stereocenters. The monoisotopic (exact) mass is 502 g/mol. The largest absolute Gasteiger partial charge is 0.479 e. The van der Waals surface area contributed by atoms with E-state index in [4.69, 9.17) is 25.2 Å². The van der Waals surface area contributed by atoms with Gasteiger partial charge in [-0.05, 0) is 62.7 Å². The van der Waals surface area contributed by atoms with Crippen molar-refractivity contribution >= 4 is 23.7 Å². The number of rotatable bonds is 7. The first kappa shape index (κ1) is 28.8. The van der Waals surface area contributed by atoms with Crippen LogP contribution in [0, 0.1) is 0 Å². The molecule has 1 aliphatic rings. The quantitative estimate of drug-likeness (QED) is 0.384. The van der Waals surface area contributed by atoms with Crippen LogP contribution in [-0.2, 0) is 15.0 Å². The van der Waals surface area contributed by atoms with Crippen molar-refractivity contribution < 1.29 is 39.5 Å². The molecule has 1 saturated heterocycles. The van der Waals surface area contributed by atoms with Gasteiger partial charge >= 0.3 is 18.0 Å². The Hall–Kier alpha value is -3.47. The second-order valence-electron chi connectivity index (χ2n) is 8.80. The number of amides is 1. The second kappa shape index (κ2) is 13.6. The minimum Gasteiger partial charge on any atom is -0.479 e. The lowest BCUT2D eigenvalue weighted by Crippen LogP contribution is -2.39. The van der Waals surface area contributed by atoms with E-state index in [9.17, 15) is 14.4 Å². The number of aliphatic carboxylic acids is 2. The second-order valence-corrected chi connectivity index (χ2v) is 8.80. The average molecular weight is 503 g/mol. The molecule has 3 rings (SSSR count). The Morgan fingerprint density at radius 2 is 1.64 bits per heavy atom. The van der Waals surface area contributed by atoms with Crippen LogP contribution >= 0.6 is 0 Å². The summed E-state index contributed by atoms with van der Waals surface area (Å²) in [6, 6.07) is 17.4. The first-order chi connectivity index (χ1) is 17.1. The number of carbonyl (C=O) groups is 3. The maximum absolute atomic E-state index is 12.2. The molecule has 10 heteroatoms. The molecule has 2 aromatic carbocycles. The lowest BCUT2D eigenvalue weighted by atomic mass is 9.74. The number of carboxylic acids is 2. The molecule has 1 heterocycles. The highest BCUT2D eigenvalue weighted by Gasteiger charge is 2.33. The SMILES string of the molecule is CC[C@@]1(c2cccc(OC(=O)Nc3ccccc3)c2)CCCCN(C)C1.O=C(O)C(O)C(O)C(=O)O. The summed E-state index contributed by atoms with van der Waals surface area (Å²) in [6.07, 6.45) is -0.261. The Labute approximate surface area is 210 Å². The molecule has 0 aromatic heterocycles. The molecule has 36 heavy (non-hydrogen) atoms. The van der Waals surface area contributed by atoms with Gasteiger partial charge in [-0.25, -0.2) is 14.4 Å². The van der Waals surface area contributed by atoms with E-state index in [2.05, 4.69) is 30.3 Å². The lowest BCUT2D eigenvalue weighted by Gasteiger charge is -2.35. The third kappa shape index (κ3) is 8.33. The summed E-state index contributed by atoms with van der Waals surface area (Å²) in [5.41, 5.74) is 2.11. The number of anilines is 1. The molecule has 1 aliphatic heterocycles. The van der Waals surface area contributed by atoms with Crippen molar-refractivity contribution in [1.29, 1.82) is 0 Å². The van der Waals surface area contributed by atoms with Crippen molar-refractivity contribution in [2.24, 2.45) is 0 Å². The summed E-state index contributed by atoms with van der Waals surface area (Å²) >= 11 is 0. The molecule has 1 fully saturated rings. The average Bonchev–Trinajstić information content (AvgIpc) is 3.06. The van der Waals surface area contributed by atoms with E-state index in [0.29, 0.717) is 5.75 Å². The van der Waals surface area contributed by atoms with Crippen LogP contribution in [0.1, 0.15) is 38.2 Å². The number of aliphatic hydroxyl groups is 2. The standard InChI is InChI=1S/C22H28N2O2.C4H6O6/c1-3-22(14-7-8-15-24(2)17-22)18-10-9-13-20(16-18)26-21(25)23-19-11-5-4-6-12-19;5-1(3(7)8)2(6)4(9)10/h4-6,9-13,16H,3,7-8,14-15,17H2,1-2H3,(H,23,25);1-2,5-6H,(H,7,8)(H,9,10)/t22-;/m1./s1. The molecule has 2 aromatic rings. The van der Waals surface area contributed by atoms with Gasteiger partial charge in [0.15, 0.2) is 12.2 Å². The summed E-state index contributed by atoms with van der Waals surface area (Å²) in [5, 5.41) is 35.3. The van der Waals surface area contributed by atoms with E-state index in [0.717, 1.165) is 25.2 Å². The van der Waals surface area contributed by atoms with E-state index >= 15 is 0 Å². The summed E-state index contributed by atoms with van der Waals surface area (Å²) in [5.74, 6) is -2.94. The Kier molecular flexibility index (Phi) is 10.8. The number of hydrogen-bond acceptors (Lipinski definition) is 7. The van der Waals surface area contributed by atoms with E-state index < -0.39 is 30.2 Å². The Morgan fingerprint density at radius 3 is 2.22 bits per heavy atom. The smallest absolute Gasteiger partial charge is 0.417 e. The van der Waals surface area contributed by atoms with Crippen LogP contribution in [0.5, 0.6) is 5.75 Å². The van der Waals surface area contributed by atoms with Crippen LogP contribution in [0.25, 0.3) is 0 Å². The number of hydrogen-bond donors (Lipinski definition) is 5. The number of ether oxygens (including phenoxy) is 1. The highest BCUT2D eigenvalue weighted by atomic mass is 16.6. The fraction of sp³-hybridized carbons (Fsp3) is 0.423. The predicted molar refractivity (Wildman–Crippen MR) is 133 cm³/mol. The molecule has 3 atom stereocenters. The molecule has 0 bridgehead atoms. The maximum atomic E-state index is 12.2. The van der Waals surface area contributed by atoms with Crippen molar-refractivity contribution in [3.05, 3.63) is 60.2 Å². The van der Waals surface area contributed by atoms with Crippen molar-refractivity contribution in [1.82, 2.24) is 4.90 Å². The Morgan fingerprint density at radius 1 is 1.00 bits per heavy atom. The topological polar surface area (TPSA) is 157 Å². The van der Waals surface area contributed by atoms with Gasteiger partial charge in [0, 0.05) is 17.6 Å². The number of likely N-dealkylation sites (N-methyl/N-ethyl adjacent to an activating group) is 1. The molecule has 0 aliphatic carbocycles. The zero-order valence-electron chi connectivity index (χ0n) is 20.5. The third-order valence-corrected chi connectivity index (χ3v) is 6.18. The molecule has 0 spiro atoms. The van der Waals surface area contributed by atoms with Gasteiger partial charge in [0.25, 0.3) is 0 Å². The van der Waals surface area contributed by atoms with Crippen LogP contribution in [0.4, 0.5) is 10.5 Å². The number of nitrogens with one attached hydrogen (secondary N) is 1. The summed E-state index contributed by atoms with van der Waals surface area (Å²) in [7, 11) is 2.20. The van der Waals surface area contributed by atoms with Crippen LogP contribution in [0.3, 0.4) is 0 Å². The van der Waals surface area contributed by atoms with Crippen LogP contribution in [0.15, 0.2) is 54.6 Å². The van der Waals surface area contributed by atoms with Gasteiger partial charge < -0.3 is 30.1 Å². The zero-order valence-corrected chi connectivity index (χ0v) is 20.5. The van der Waals surface area contributed by atoms with Crippen molar-refractivity contribution in [3.8, 4) is 5.75 Å². The molecular weight excluding hydrogens is 468 g/mol. The number of para-hydroxylation sites is 1. The maximum Gasteiger partial charge on any atom is 0.417 e. The normalized spacial score (nSPS) is 19.6. The molecule has 0 radical (unpaired) electrons. The fourth-order valence-electron chi connectivity index (χ4n) is 4.18. The fourth-order valence-corrected chi connectivity index (χ4v) is 4.18. The predicted octanol–water partition coefficient (Wildman–Crippen LogP) is 2.94. The molecule has 1 amide bonds. The molecule has 5 N–H and O–H groups in total. The van der Waals surface area contributed by atoms with Crippen LogP contribution < -0.4 is 10.1 Å². The van der Waals surface area contributed by atoms with Gasteiger partial charge in [0.05, 0.1) is 0 Å². The van der Waals surface area contributed by atoms with Gasteiger partial charge in [0.1, 0.15) is 5.75 Å². The third-order valence-electron chi connectivity index (χ3n) is 6.18. The number of nitrogens with zero attached hydrogens (tertiary/aromatic N) is 1. The minimum atomic E-state index is -2.27. The van der Waals surface area contributed by atoms with Crippen molar-refractivity contribution in [3.63, 3.8) is 0 Å². The van der Waals surface area contributed by atoms with Crippen molar-refractivity contribution in [2.75, 3.05) is 25.5 Å². The summed E-state index contributed by atoms with van der Waals surface area (Å²) in [6.45, 7) is 4.45. The van der Waals surface area contributed by atoms with Gasteiger partial charge in [-0.3, -0.25) is 5.32 Å². The number of likely N-dealkylation sites (tertiary alicyclic amines) is 1. The van der Waals surface area contributed by atoms with E-state index in [1.54, 1.807) is 0 Å². The molecule has 0 saturated carbocycles. The minimum absolute atomic E-state index is 0.126. The van der Waals surface area contributed by atoms with Crippen molar-refractivity contribution in [2.45, 2.75) is 50.2 Å². The zero-order chi connectivity index (χ0) is 26.7. The summed E-state index contributed by atoms with van der Waals surface area (Å²) < 4.78 is 5.53. The Balaban J connectivity index is 0.000000388. The van der Waals surface area contributed by atoms with Crippen LogP contribution in [-0.4, -0.2) is 75.7 Å². The number of benzene rings is 2. The number of aliphatic hydroxyl groups excluding tert-OH is 2. The molecular formula is C26H34N2O8.